The molecule has 1 aliphatic rings. The highest BCUT2D eigenvalue weighted by Crippen LogP contribution is 2.29. The van der Waals surface area contributed by atoms with E-state index in [4.69, 9.17) is 14.4 Å². The molecule has 0 radical (unpaired) electrons. The highest BCUT2D eigenvalue weighted by molar-refractivity contribution is 5.59. The number of rotatable bonds is 5. The predicted octanol–water partition coefficient (Wildman–Crippen LogP) is 2.68. The Kier molecular flexibility index (Phi) is 4.76. The van der Waals surface area contributed by atoms with Gasteiger partial charge in [0.25, 0.3) is 0 Å². The zero-order valence-electron chi connectivity index (χ0n) is 16.8. The lowest BCUT2D eigenvalue weighted by atomic mass is 10.1. The number of nitrogens with zero attached hydrogens (tertiary/aromatic N) is 8. The van der Waals surface area contributed by atoms with Gasteiger partial charge in [-0.15, -0.1) is 20.4 Å². The van der Waals surface area contributed by atoms with E-state index in [0.717, 1.165) is 36.8 Å². The van der Waals surface area contributed by atoms with Crippen LogP contribution in [0.3, 0.4) is 0 Å². The molecule has 154 valence electrons. The van der Waals surface area contributed by atoms with Gasteiger partial charge in [0, 0.05) is 36.5 Å². The van der Waals surface area contributed by atoms with Crippen LogP contribution < -0.4 is 9.64 Å². The lowest BCUT2D eigenvalue weighted by Gasteiger charge is -2.27. The molecule has 0 unspecified atom stereocenters. The number of anilines is 1. The number of aromatic nitrogens is 6. The Bertz CT molecular complexity index is 1270. The maximum atomic E-state index is 9.09. The van der Waals surface area contributed by atoms with Gasteiger partial charge < -0.3 is 14.1 Å². The van der Waals surface area contributed by atoms with Crippen molar-refractivity contribution >= 4 is 5.95 Å². The fourth-order valence-electron chi connectivity index (χ4n) is 3.60. The van der Waals surface area contributed by atoms with E-state index < -0.39 is 0 Å². The molecule has 0 saturated heterocycles. The fourth-order valence-corrected chi connectivity index (χ4v) is 3.60. The van der Waals surface area contributed by atoms with Gasteiger partial charge in [-0.25, -0.2) is 4.98 Å². The number of hydrogen-bond acceptors (Lipinski definition) is 9. The van der Waals surface area contributed by atoms with Crippen molar-refractivity contribution in [1.82, 2.24) is 29.9 Å². The van der Waals surface area contributed by atoms with Crippen LogP contribution in [0, 0.1) is 11.3 Å². The van der Waals surface area contributed by atoms with Gasteiger partial charge in [0.05, 0.1) is 25.3 Å². The molecule has 0 aliphatic carbocycles. The van der Waals surface area contributed by atoms with Gasteiger partial charge in [-0.3, -0.25) is 4.57 Å². The summed E-state index contributed by atoms with van der Waals surface area (Å²) in [4.78, 5) is 6.22. The molecule has 10 heteroatoms. The molecule has 0 bridgehead atoms. The Hall–Kier alpha value is -4.26. The number of nitriles is 1. The third kappa shape index (κ3) is 3.57. The zero-order chi connectivity index (χ0) is 21.2. The summed E-state index contributed by atoms with van der Waals surface area (Å²) in [5.74, 6) is 2.90. The summed E-state index contributed by atoms with van der Waals surface area (Å²) in [5, 5.41) is 26.2. The van der Waals surface area contributed by atoms with Crippen molar-refractivity contribution in [2.45, 2.75) is 19.5 Å². The maximum absolute atomic E-state index is 9.09. The molecule has 1 aromatic carbocycles. The summed E-state index contributed by atoms with van der Waals surface area (Å²) in [6.07, 6.45) is 2.63. The molecule has 0 N–H and O–H groups in total. The molecular weight excluding hydrogens is 396 g/mol. The van der Waals surface area contributed by atoms with Crippen molar-refractivity contribution in [2.75, 3.05) is 18.6 Å². The summed E-state index contributed by atoms with van der Waals surface area (Å²) >= 11 is 0. The number of pyridine rings is 1. The number of benzene rings is 1. The van der Waals surface area contributed by atoms with Crippen LogP contribution >= 0.6 is 0 Å². The van der Waals surface area contributed by atoms with Crippen LogP contribution in [-0.2, 0) is 13.1 Å². The van der Waals surface area contributed by atoms with Crippen molar-refractivity contribution in [3.63, 3.8) is 0 Å². The van der Waals surface area contributed by atoms with Crippen LogP contribution in [0.15, 0.2) is 47.0 Å². The van der Waals surface area contributed by atoms with Gasteiger partial charge in [0.2, 0.25) is 23.6 Å². The van der Waals surface area contributed by atoms with Crippen LogP contribution in [0.4, 0.5) is 5.95 Å². The Morgan fingerprint density at radius 2 is 2.03 bits per heavy atom. The topological polar surface area (TPSA) is 119 Å². The lowest BCUT2D eigenvalue weighted by Crippen LogP contribution is -2.32. The number of hydrogen-bond donors (Lipinski definition) is 0. The van der Waals surface area contributed by atoms with E-state index in [9.17, 15) is 0 Å². The standard InChI is InChI=1S/C21H18N8O2/c1-30-17-11-15(6-7-23-17)19-25-27-21-28(8-3-9-29(19)21)13-18-24-26-20(31-18)16-5-2-4-14(10-16)12-22/h2,4-7,10-11H,3,8-9,13H2,1H3. The Morgan fingerprint density at radius 3 is 2.90 bits per heavy atom. The third-order valence-corrected chi connectivity index (χ3v) is 5.06. The molecule has 5 rings (SSSR count). The average molecular weight is 414 g/mol. The second-order valence-corrected chi connectivity index (χ2v) is 7.03. The smallest absolute Gasteiger partial charge is 0.247 e. The molecule has 0 amide bonds. The fraction of sp³-hybridized carbons (Fsp3) is 0.238. The maximum Gasteiger partial charge on any atom is 0.247 e. The van der Waals surface area contributed by atoms with Gasteiger partial charge in [0.15, 0.2) is 5.82 Å². The van der Waals surface area contributed by atoms with Crippen molar-refractivity contribution < 1.29 is 9.15 Å². The van der Waals surface area contributed by atoms with E-state index in [0.29, 0.717) is 35.3 Å². The quantitative estimate of drug-likeness (QED) is 0.485. The molecule has 0 atom stereocenters. The normalized spacial score (nSPS) is 13.0. The molecule has 10 nitrogen and oxygen atoms in total. The highest BCUT2D eigenvalue weighted by Gasteiger charge is 2.25. The number of ether oxygens (including phenoxy) is 1. The van der Waals surface area contributed by atoms with Gasteiger partial charge in [-0.2, -0.15) is 5.26 Å². The summed E-state index contributed by atoms with van der Waals surface area (Å²) in [6.45, 7) is 2.04. The van der Waals surface area contributed by atoms with E-state index in [2.05, 4.69) is 40.9 Å². The summed E-state index contributed by atoms with van der Waals surface area (Å²) in [7, 11) is 1.59. The molecule has 4 heterocycles. The second-order valence-electron chi connectivity index (χ2n) is 7.03. The first-order chi connectivity index (χ1) is 15.2. The molecule has 1 aliphatic heterocycles. The monoisotopic (exact) mass is 414 g/mol. The van der Waals surface area contributed by atoms with E-state index in [1.54, 1.807) is 31.5 Å². The molecule has 31 heavy (non-hydrogen) atoms. The first kappa shape index (κ1) is 18.7. The van der Waals surface area contributed by atoms with Crippen LogP contribution in [0.5, 0.6) is 5.88 Å². The van der Waals surface area contributed by atoms with Crippen LogP contribution in [0.25, 0.3) is 22.8 Å². The molecular formula is C21H18N8O2. The Morgan fingerprint density at radius 1 is 1.10 bits per heavy atom. The van der Waals surface area contributed by atoms with Gasteiger partial charge in [-0.05, 0) is 30.7 Å². The lowest BCUT2D eigenvalue weighted by molar-refractivity contribution is 0.398. The number of fused-ring (bicyclic) bond motifs is 1. The highest BCUT2D eigenvalue weighted by atomic mass is 16.5. The molecule has 0 saturated carbocycles. The first-order valence-electron chi connectivity index (χ1n) is 9.76. The summed E-state index contributed by atoms with van der Waals surface area (Å²) in [5.41, 5.74) is 2.15. The summed E-state index contributed by atoms with van der Waals surface area (Å²) < 4.78 is 13.2. The van der Waals surface area contributed by atoms with E-state index in [1.165, 1.54) is 0 Å². The van der Waals surface area contributed by atoms with Crippen molar-refractivity contribution in [3.05, 3.63) is 54.0 Å². The largest absolute Gasteiger partial charge is 0.481 e. The minimum absolute atomic E-state index is 0.384. The van der Waals surface area contributed by atoms with Crippen molar-refractivity contribution in [3.8, 4) is 34.8 Å². The van der Waals surface area contributed by atoms with Crippen LogP contribution in [0.2, 0.25) is 0 Å². The van der Waals surface area contributed by atoms with Gasteiger partial charge in [0.1, 0.15) is 0 Å². The van der Waals surface area contributed by atoms with E-state index in [-0.39, 0.29) is 0 Å². The second kappa shape index (κ2) is 7.87. The first-order valence-corrected chi connectivity index (χ1v) is 9.76. The number of methoxy groups -OCH3 is 1. The minimum atomic E-state index is 0.384. The Balaban J connectivity index is 1.40. The van der Waals surface area contributed by atoms with Crippen molar-refractivity contribution in [1.29, 1.82) is 5.26 Å². The Labute approximate surface area is 177 Å². The molecule has 0 spiro atoms. The van der Waals surface area contributed by atoms with Crippen LogP contribution in [-0.4, -0.2) is 43.6 Å². The average Bonchev–Trinajstić information content (AvgIpc) is 3.47. The molecule has 0 fully saturated rings. The summed E-state index contributed by atoms with van der Waals surface area (Å²) in [6, 6.07) is 12.9. The van der Waals surface area contributed by atoms with Crippen molar-refractivity contribution in [2.24, 2.45) is 0 Å². The predicted molar refractivity (Wildman–Crippen MR) is 110 cm³/mol. The zero-order valence-corrected chi connectivity index (χ0v) is 16.8. The SMILES string of the molecule is COc1cc(-c2nnc3n2CCCN3Cc2nnc(-c3cccc(C#N)c3)o2)ccn1. The van der Waals surface area contributed by atoms with E-state index >= 15 is 0 Å². The van der Waals surface area contributed by atoms with Gasteiger partial charge in [-0.1, -0.05) is 6.07 Å². The molecule has 4 aromatic rings. The minimum Gasteiger partial charge on any atom is -0.481 e. The van der Waals surface area contributed by atoms with Gasteiger partial charge >= 0.3 is 0 Å². The molecule has 3 aromatic heterocycles. The van der Waals surface area contributed by atoms with Crippen LogP contribution in [0.1, 0.15) is 17.9 Å². The third-order valence-electron chi connectivity index (χ3n) is 5.06. The van der Waals surface area contributed by atoms with E-state index in [1.807, 2.05) is 18.2 Å².